The molecule has 0 bridgehead atoms. The minimum absolute atomic E-state index is 0.168. The van der Waals surface area contributed by atoms with E-state index >= 15 is 0 Å². The van der Waals surface area contributed by atoms with Gasteiger partial charge in [-0.05, 0) is 13.8 Å². The van der Waals surface area contributed by atoms with Gasteiger partial charge in [0.1, 0.15) is 4.90 Å². The van der Waals surface area contributed by atoms with Crippen LogP contribution >= 0.6 is 0 Å². The van der Waals surface area contributed by atoms with Gasteiger partial charge >= 0.3 is 0 Å². The van der Waals surface area contributed by atoms with E-state index in [1.807, 2.05) is 13.8 Å². The summed E-state index contributed by atoms with van der Waals surface area (Å²) >= 11 is 0. The lowest BCUT2D eigenvalue weighted by Crippen LogP contribution is -2.21. The third-order valence-electron chi connectivity index (χ3n) is 1.89. The van der Waals surface area contributed by atoms with Crippen molar-refractivity contribution in [2.45, 2.75) is 24.8 Å². The largest absolute Gasteiger partial charge is 0.269 e. The highest BCUT2D eigenvalue weighted by Gasteiger charge is 2.19. The fourth-order valence-corrected chi connectivity index (χ4v) is 1.79. The van der Waals surface area contributed by atoms with E-state index in [-0.39, 0.29) is 10.9 Å². The van der Waals surface area contributed by atoms with Gasteiger partial charge in [-0.3, -0.25) is 4.68 Å². The Morgan fingerprint density at radius 1 is 1.43 bits per heavy atom. The van der Waals surface area contributed by atoms with Crippen molar-refractivity contribution < 1.29 is 8.42 Å². The van der Waals surface area contributed by atoms with Crippen molar-refractivity contribution in [3.8, 4) is 0 Å². The molecule has 5 nitrogen and oxygen atoms in total. The van der Waals surface area contributed by atoms with Gasteiger partial charge < -0.3 is 0 Å². The van der Waals surface area contributed by atoms with Crippen molar-refractivity contribution in [3.05, 3.63) is 12.4 Å². The highest BCUT2D eigenvalue weighted by molar-refractivity contribution is 7.89. The molecule has 0 saturated carbocycles. The number of aromatic nitrogens is 2. The Balaban J connectivity index is 3.10. The van der Waals surface area contributed by atoms with Gasteiger partial charge in [-0.15, -0.1) is 0 Å². The predicted octanol–water partition coefficient (Wildman–Crippen LogP) is 0.714. The summed E-state index contributed by atoms with van der Waals surface area (Å²) in [6.45, 7) is 3.89. The lowest BCUT2D eigenvalue weighted by atomic mass is 10.4. The lowest BCUT2D eigenvalue weighted by molar-refractivity contribution is 0.517. The molecule has 0 amide bonds. The zero-order chi connectivity index (χ0) is 10.9. The quantitative estimate of drug-likeness (QED) is 0.749. The van der Waals surface area contributed by atoms with Crippen molar-refractivity contribution in [1.82, 2.24) is 14.1 Å². The van der Waals surface area contributed by atoms with Crippen LogP contribution in [0.2, 0.25) is 0 Å². The first kappa shape index (κ1) is 11.2. The van der Waals surface area contributed by atoms with Gasteiger partial charge in [0.15, 0.2) is 0 Å². The summed E-state index contributed by atoms with van der Waals surface area (Å²) in [6, 6.07) is 0.168. The molecule has 1 rings (SSSR count). The third kappa shape index (κ3) is 1.96. The Morgan fingerprint density at radius 2 is 2.00 bits per heavy atom. The second-order valence-electron chi connectivity index (χ2n) is 3.54. The van der Waals surface area contributed by atoms with E-state index in [2.05, 4.69) is 5.10 Å². The molecule has 0 saturated heterocycles. The summed E-state index contributed by atoms with van der Waals surface area (Å²) in [5.74, 6) is 0. The van der Waals surface area contributed by atoms with Gasteiger partial charge in [0, 0.05) is 26.3 Å². The van der Waals surface area contributed by atoms with Crippen LogP contribution in [-0.4, -0.2) is 36.6 Å². The van der Waals surface area contributed by atoms with E-state index < -0.39 is 10.0 Å². The normalized spacial score (nSPS) is 12.7. The van der Waals surface area contributed by atoms with Crippen molar-refractivity contribution in [2.75, 3.05) is 14.1 Å². The van der Waals surface area contributed by atoms with Crippen molar-refractivity contribution in [1.29, 1.82) is 0 Å². The summed E-state index contributed by atoms with van der Waals surface area (Å²) in [6.07, 6.45) is 2.91. The predicted molar refractivity (Wildman–Crippen MR) is 53.5 cm³/mol. The van der Waals surface area contributed by atoms with Crippen LogP contribution in [0, 0.1) is 0 Å². The molecule has 0 aliphatic heterocycles. The molecule has 1 heterocycles. The van der Waals surface area contributed by atoms with Gasteiger partial charge in [0.05, 0.1) is 6.20 Å². The minimum atomic E-state index is -3.34. The summed E-state index contributed by atoms with van der Waals surface area (Å²) in [5, 5.41) is 3.98. The maximum Gasteiger partial charge on any atom is 0.245 e. The van der Waals surface area contributed by atoms with E-state index in [1.54, 1.807) is 10.9 Å². The number of rotatable bonds is 3. The fourth-order valence-electron chi connectivity index (χ4n) is 0.947. The summed E-state index contributed by atoms with van der Waals surface area (Å²) < 4.78 is 26.1. The Labute approximate surface area is 84.4 Å². The molecule has 0 atom stereocenters. The second-order valence-corrected chi connectivity index (χ2v) is 5.69. The molecule has 6 heteroatoms. The molecule has 0 unspecified atom stereocenters. The topological polar surface area (TPSA) is 55.2 Å². The van der Waals surface area contributed by atoms with E-state index in [1.165, 1.54) is 24.6 Å². The third-order valence-corrected chi connectivity index (χ3v) is 3.65. The van der Waals surface area contributed by atoms with Gasteiger partial charge in [0.2, 0.25) is 10.0 Å². The second kappa shape index (κ2) is 3.70. The molecule has 0 radical (unpaired) electrons. The maximum absolute atomic E-state index is 11.6. The van der Waals surface area contributed by atoms with Crippen molar-refractivity contribution >= 4 is 10.0 Å². The van der Waals surface area contributed by atoms with E-state index in [0.717, 1.165) is 0 Å². The zero-order valence-electron chi connectivity index (χ0n) is 8.80. The first-order chi connectivity index (χ1) is 6.35. The summed E-state index contributed by atoms with van der Waals surface area (Å²) in [5.41, 5.74) is 0. The van der Waals surface area contributed by atoms with E-state index in [9.17, 15) is 8.42 Å². The number of sulfonamides is 1. The van der Waals surface area contributed by atoms with Crippen LogP contribution < -0.4 is 0 Å². The molecule has 1 aromatic heterocycles. The molecule has 0 fully saturated rings. The maximum atomic E-state index is 11.6. The minimum Gasteiger partial charge on any atom is -0.269 e. The molecule has 80 valence electrons. The van der Waals surface area contributed by atoms with E-state index in [4.69, 9.17) is 0 Å². The summed E-state index contributed by atoms with van der Waals surface area (Å²) in [7, 11) is -0.336. The van der Waals surface area contributed by atoms with Crippen LogP contribution in [0.1, 0.15) is 19.9 Å². The fraction of sp³-hybridized carbons (Fsp3) is 0.625. The SMILES string of the molecule is CC(C)n1cc(S(=O)(=O)N(C)C)cn1. The Kier molecular flexibility index (Phi) is 2.96. The number of hydrogen-bond acceptors (Lipinski definition) is 3. The molecule has 1 aromatic rings. The monoisotopic (exact) mass is 217 g/mol. The molecule has 14 heavy (non-hydrogen) atoms. The van der Waals surface area contributed by atoms with Gasteiger partial charge in [-0.25, -0.2) is 12.7 Å². The lowest BCUT2D eigenvalue weighted by Gasteiger charge is -2.08. The molecule has 0 aliphatic rings. The smallest absolute Gasteiger partial charge is 0.245 e. The van der Waals surface area contributed by atoms with E-state index in [0.29, 0.717) is 0 Å². The standard InChI is InChI=1S/C8H15N3O2S/c1-7(2)11-6-8(5-9-11)14(12,13)10(3)4/h5-7H,1-4H3. The van der Waals surface area contributed by atoms with Gasteiger partial charge in [-0.2, -0.15) is 5.10 Å². The Morgan fingerprint density at radius 3 is 2.36 bits per heavy atom. The molecule has 0 aliphatic carbocycles. The van der Waals surface area contributed by atoms with Crippen LogP contribution in [0.4, 0.5) is 0 Å². The van der Waals surface area contributed by atoms with Crippen molar-refractivity contribution in [2.24, 2.45) is 0 Å². The first-order valence-corrected chi connectivity index (χ1v) is 5.76. The van der Waals surface area contributed by atoms with Crippen LogP contribution in [0.25, 0.3) is 0 Å². The average Bonchev–Trinajstić information content (AvgIpc) is 2.51. The Hall–Kier alpha value is -0.880. The average molecular weight is 217 g/mol. The summed E-state index contributed by atoms with van der Waals surface area (Å²) in [4.78, 5) is 0.233. The van der Waals surface area contributed by atoms with Crippen LogP contribution in [0.15, 0.2) is 17.3 Å². The highest BCUT2D eigenvalue weighted by atomic mass is 32.2. The van der Waals surface area contributed by atoms with Gasteiger partial charge in [-0.1, -0.05) is 0 Å². The van der Waals surface area contributed by atoms with Crippen LogP contribution in [0.5, 0.6) is 0 Å². The highest BCUT2D eigenvalue weighted by Crippen LogP contribution is 2.13. The first-order valence-electron chi connectivity index (χ1n) is 4.32. The molecule has 0 aromatic carbocycles. The molecule has 0 spiro atoms. The van der Waals surface area contributed by atoms with Crippen molar-refractivity contribution in [3.63, 3.8) is 0 Å². The van der Waals surface area contributed by atoms with Crippen LogP contribution in [0.3, 0.4) is 0 Å². The number of nitrogens with zero attached hydrogens (tertiary/aromatic N) is 3. The number of hydrogen-bond donors (Lipinski definition) is 0. The zero-order valence-corrected chi connectivity index (χ0v) is 9.61. The molecule has 0 N–H and O–H groups in total. The Bertz CT molecular complexity index is 406. The molecular weight excluding hydrogens is 202 g/mol. The van der Waals surface area contributed by atoms with Gasteiger partial charge in [0.25, 0.3) is 0 Å². The molecular formula is C8H15N3O2S. The van der Waals surface area contributed by atoms with Crippen LogP contribution in [-0.2, 0) is 10.0 Å².